The second-order valence-electron chi connectivity index (χ2n) is 10.1. The molecule has 1 radical (unpaired) electrons. The molecule has 0 fully saturated rings. The van der Waals surface area contributed by atoms with Crippen molar-refractivity contribution in [1.82, 2.24) is 0 Å². The summed E-state index contributed by atoms with van der Waals surface area (Å²) in [5.74, 6) is 0.542. The fourth-order valence-corrected chi connectivity index (χ4v) is 9.58. The van der Waals surface area contributed by atoms with Gasteiger partial charge in [-0.25, -0.2) is 0 Å². The van der Waals surface area contributed by atoms with Crippen LogP contribution >= 0.6 is 0 Å². The molecule has 1 aliphatic carbocycles. The molecule has 3 rings (SSSR count). The van der Waals surface area contributed by atoms with Crippen LogP contribution in [0.4, 0.5) is 0 Å². The summed E-state index contributed by atoms with van der Waals surface area (Å²) in [6, 6.07) is 14.6. The molecule has 2 heteroatoms. The summed E-state index contributed by atoms with van der Waals surface area (Å²) >= 11 is 0. The van der Waals surface area contributed by atoms with Crippen LogP contribution in [0.2, 0.25) is 19.6 Å². The van der Waals surface area contributed by atoms with E-state index < -0.39 is 16.9 Å². The quantitative estimate of drug-likeness (QED) is 0.567. The van der Waals surface area contributed by atoms with Gasteiger partial charge >= 0.3 is 0 Å². The van der Waals surface area contributed by atoms with Gasteiger partial charge in [0.1, 0.15) is 0 Å². The Hall–Kier alpha value is -1.65. The minimum Gasteiger partial charge on any atom is -0.0656 e. The minimum absolute atomic E-state index is 0.542. The Labute approximate surface area is 181 Å². The Morgan fingerprint density at radius 2 is 1.41 bits per heavy atom. The van der Waals surface area contributed by atoms with Crippen molar-refractivity contribution in [2.45, 2.75) is 68.1 Å². The molecular formula is C27H37Si2. The van der Waals surface area contributed by atoms with Gasteiger partial charge in [-0.3, -0.25) is 0 Å². The molecule has 0 N–H and O–H groups in total. The van der Waals surface area contributed by atoms with Gasteiger partial charge < -0.3 is 0 Å². The fourth-order valence-electron chi connectivity index (χ4n) is 4.68. The first-order valence-electron chi connectivity index (χ1n) is 10.9. The number of allylic oxidation sites excluding steroid dienone is 4. The van der Waals surface area contributed by atoms with Gasteiger partial charge in [0.25, 0.3) is 0 Å². The number of rotatable bonds is 4. The van der Waals surface area contributed by atoms with Crippen LogP contribution in [0, 0.1) is 26.7 Å². The molecule has 29 heavy (non-hydrogen) atoms. The Kier molecular flexibility index (Phi) is 5.99. The predicted octanol–water partition coefficient (Wildman–Crippen LogP) is 5.61. The standard InChI is InChI=1S/C27H37Si2/c1-17-11-12-26(19(3)13-17)28(27-22(6)20(4)21(5)23(27)7)24-14-18(2)15-25(16-24)29(8,9)10/h11-16,22H,1-10H3. The van der Waals surface area contributed by atoms with Crippen molar-refractivity contribution in [2.75, 3.05) is 0 Å². The van der Waals surface area contributed by atoms with Crippen LogP contribution in [0.3, 0.4) is 0 Å². The van der Waals surface area contributed by atoms with Crippen molar-refractivity contribution in [2.24, 2.45) is 5.92 Å². The maximum atomic E-state index is 2.57. The van der Waals surface area contributed by atoms with Crippen molar-refractivity contribution in [1.29, 1.82) is 0 Å². The minimum atomic E-state index is -1.38. The van der Waals surface area contributed by atoms with Gasteiger partial charge in [0, 0.05) is 0 Å². The first kappa shape index (κ1) is 22.0. The summed E-state index contributed by atoms with van der Waals surface area (Å²) in [7, 11) is -2.41. The van der Waals surface area contributed by atoms with Crippen molar-refractivity contribution in [3.63, 3.8) is 0 Å². The van der Waals surface area contributed by atoms with Crippen molar-refractivity contribution in [3.05, 3.63) is 75.0 Å². The van der Waals surface area contributed by atoms with Crippen LogP contribution in [0.5, 0.6) is 0 Å². The lowest BCUT2D eigenvalue weighted by Crippen LogP contribution is -2.50. The molecule has 1 aliphatic rings. The molecule has 0 amide bonds. The largest absolute Gasteiger partial charge is 0.151 e. The zero-order valence-electron chi connectivity index (χ0n) is 20.0. The Morgan fingerprint density at radius 1 is 0.759 bits per heavy atom. The van der Waals surface area contributed by atoms with E-state index in [0.29, 0.717) is 5.92 Å². The van der Waals surface area contributed by atoms with Gasteiger partial charge in [0.2, 0.25) is 0 Å². The van der Waals surface area contributed by atoms with Crippen molar-refractivity contribution in [3.8, 4) is 0 Å². The maximum Gasteiger partial charge on any atom is 0.151 e. The lowest BCUT2D eigenvalue weighted by atomic mass is 10.1. The summed E-state index contributed by atoms with van der Waals surface area (Å²) in [4.78, 5) is 0. The molecule has 1 atom stereocenters. The molecule has 0 saturated heterocycles. The van der Waals surface area contributed by atoms with Gasteiger partial charge in [0.05, 0.1) is 8.07 Å². The van der Waals surface area contributed by atoms with Gasteiger partial charge in [-0.1, -0.05) is 106 Å². The molecule has 153 valence electrons. The molecule has 2 aromatic carbocycles. The van der Waals surface area contributed by atoms with Crippen molar-refractivity contribution >= 4 is 32.4 Å². The van der Waals surface area contributed by atoms with E-state index in [0.717, 1.165) is 0 Å². The lowest BCUT2D eigenvalue weighted by Gasteiger charge is -2.27. The number of hydrogen-bond donors (Lipinski definition) is 0. The molecule has 0 nitrogen and oxygen atoms in total. The summed E-state index contributed by atoms with van der Waals surface area (Å²) < 4.78 is 0. The highest BCUT2D eigenvalue weighted by Gasteiger charge is 2.34. The lowest BCUT2D eigenvalue weighted by molar-refractivity contribution is 0.854. The zero-order chi connectivity index (χ0) is 21.7. The van der Waals surface area contributed by atoms with Crippen LogP contribution < -0.4 is 15.6 Å². The first-order valence-corrected chi connectivity index (χ1v) is 15.9. The van der Waals surface area contributed by atoms with Gasteiger partial charge in [-0.2, -0.15) is 0 Å². The second-order valence-corrected chi connectivity index (χ2v) is 17.6. The predicted molar refractivity (Wildman–Crippen MR) is 135 cm³/mol. The van der Waals surface area contributed by atoms with E-state index in [1.165, 1.54) is 22.3 Å². The number of hydrogen-bond acceptors (Lipinski definition) is 0. The monoisotopic (exact) mass is 417 g/mol. The second kappa shape index (κ2) is 7.88. The highest BCUT2D eigenvalue weighted by molar-refractivity contribution is 6.93. The van der Waals surface area contributed by atoms with Gasteiger partial charge in [0.15, 0.2) is 8.80 Å². The summed E-state index contributed by atoms with van der Waals surface area (Å²) in [5, 5.41) is 6.42. The third-order valence-corrected chi connectivity index (χ3v) is 12.1. The van der Waals surface area contributed by atoms with Crippen LogP contribution in [0.15, 0.2) is 58.3 Å². The molecule has 2 aromatic rings. The third kappa shape index (κ3) is 4.15. The average Bonchev–Trinajstić information content (AvgIpc) is 2.80. The van der Waals surface area contributed by atoms with E-state index in [4.69, 9.17) is 0 Å². The molecular weight excluding hydrogens is 380 g/mol. The fraction of sp³-hybridized carbons (Fsp3) is 0.407. The molecule has 0 bridgehead atoms. The van der Waals surface area contributed by atoms with Crippen LogP contribution in [-0.2, 0) is 0 Å². The van der Waals surface area contributed by atoms with Crippen molar-refractivity contribution < 1.29 is 0 Å². The maximum absolute atomic E-state index is 2.57. The summed E-state index contributed by atoms with van der Waals surface area (Å²) in [5.41, 5.74) is 8.83. The molecule has 0 heterocycles. The third-order valence-electron chi connectivity index (χ3n) is 6.79. The SMILES string of the molecule is CC1=C(C)C(C)C([Si](c2cc(C)cc([Si](C)(C)C)c2)c2ccc(C)cc2C)=C1C. The molecule has 0 spiro atoms. The first-order chi connectivity index (χ1) is 13.4. The topological polar surface area (TPSA) is 0 Å². The summed E-state index contributed by atoms with van der Waals surface area (Å²) in [6.45, 7) is 23.6. The number of aryl methyl sites for hydroxylation is 3. The Balaban J connectivity index is 2.30. The van der Waals surface area contributed by atoms with E-state index in [9.17, 15) is 0 Å². The van der Waals surface area contributed by atoms with Gasteiger partial charge in [-0.15, -0.1) is 0 Å². The van der Waals surface area contributed by atoms with E-state index >= 15 is 0 Å². The molecule has 0 aliphatic heterocycles. The van der Waals surface area contributed by atoms with Crippen LogP contribution in [0.1, 0.15) is 44.4 Å². The van der Waals surface area contributed by atoms with E-state index in [-0.39, 0.29) is 0 Å². The highest BCUT2D eigenvalue weighted by Crippen LogP contribution is 2.38. The molecule has 0 aromatic heterocycles. The average molecular weight is 418 g/mol. The Morgan fingerprint density at radius 3 is 1.93 bits per heavy atom. The van der Waals surface area contributed by atoms with E-state index in [2.05, 4.69) is 105 Å². The zero-order valence-corrected chi connectivity index (χ0v) is 22.0. The molecule has 1 unspecified atom stereocenters. The Bertz CT molecular complexity index is 1020. The van der Waals surface area contributed by atoms with Crippen LogP contribution in [0.25, 0.3) is 0 Å². The normalized spacial score (nSPS) is 17.7. The highest BCUT2D eigenvalue weighted by atomic mass is 28.3. The smallest absolute Gasteiger partial charge is 0.0656 e. The van der Waals surface area contributed by atoms with E-state index in [1.807, 2.05) is 0 Å². The van der Waals surface area contributed by atoms with Gasteiger partial charge in [-0.05, 0) is 58.2 Å². The summed E-state index contributed by atoms with van der Waals surface area (Å²) in [6.07, 6.45) is 0. The van der Waals surface area contributed by atoms with Crippen LogP contribution in [-0.4, -0.2) is 16.9 Å². The number of benzene rings is 2. The van der Waals surface area contributed by atoms with E-state index in [1.54, 1.807) is 31.9 Å². The molecule has 0 saturated carbocycles.